The molecule has 0 saturated heterocycles. The van der Waals surface area contributed by atoms with Crippen LogP contribution in [0.2, 0.25) is 5.02 Å². The predicted molar refractivity (Wildman–Crippen MR) is 102 cm³/mol. The molecule has 1 aromatic carbocycles. The van der Waals surface area contributed by atoms with Crippen molar-refractivity contribution in [1.82, 2.24) is 4.90 Å². The number of likely N-dealkylation sites (N-methyl/N-ethyl adjacent to an activating group) is 1. The fourth-order valence-electron chi connectivity index (χ4n) is 3.45. The van der Waals surface area contributed by atoms with E-state index >= 15 is 0 Å². The molecule has 5 nitrogen and oxygen atoms in total. The molecule has 138 valence electrons. The largest absolute Gasteiger partial charge is 0.371 e. The lowest BCUT2D eigenvalue weighted by molar-refractivity contribution is -0.125. The molecular formula is C19H28ClN3O2. The number of amides is 1. The third-order valence-electron chi connectivity index (χ3n) is 5.25. The maximum absolute atomic E-state index is 12.2. The van der Waals surface area contributed by atoms with E-state index in [0.717, 1.165) is 24.9 Å². The summed E-state index contributed by atoms with van der Waals surface area (Å²) in [6.45, 7) is 2.58. The number of hydrogen-bond donors (Lipinski definition) is 2. The normalized spacial score (nSPS) is 20.3. The molecule has 1 fully saturated rings. The summed E-state index contributed by atoms with van der Waals surface area (Å²) < 4.78 is 0. The Kier molecular flexibility index (Phi) is 6.85. The molecule has 1 amide bonds. The molecule has 0 spiro atoms. The first-order valence-corrected chi connectivity index (χ1v) is 9.32. The molecule has 1 aliphatic rings. The summed E-state index contributed by atoms with van der Waals surface area (Å²) >= 11 is 5.92. The van der Waals surface area contributed by atoms with E-state index < -0.39 is 5.54 Å². The number of benzene rings is 1. The van der Waals surface area contributed by atoms with Gasteiger partial charge >= 0.3 is 0 Å². The van der Waals surface area contributed by atoms with Crippen LogP contribution >= 0.6 is 11.6 Å². The summed E-state index contributed by atoms with van der Waals surface area (Å²) in [6.07, 6.45) is 4.74. The number of carbonyl (C=O) groups is 2. The van der Waals surface area contributed by atoms with Gasteiger partial charge in [-0.2, -0.15) is 0 Å². The lowest BCUT2D eigenvalue weighted by Gasteiger charge is -2.36. The van der Waals surface area contributed by atoms with E-state index in [1.807, 2.05) is 26.1 Å². The number of halogens is 1. The minimum Gasteiger partial charge on any atom is -0.371 e. The van der Waals surface area contributed by atoms with E-state index in [-0.39, 0.29) is 11.9 Å². The topological polar surface area (TPSA) is 75.4 Å². The summed E-state index contributed by atoms with van der Waals surface area (Å²) in [5, 5.41) is 3.93. The number of primary amides is 1. The lowest BCUT2D eigenvalue weighted by atomic mass is 9.88. The zero-order chi connectivity index (χ0) is 18.4. The quantitative estimate of drug-likeness (QED) is 0.741. The molecule has 25 heavy (non-hydrogen) atoms. The average molecular weight is 366 g/mol. The van der Waals surface area contributed by atoms with Crippen LogP contribution in [0.5, 0.6) is 0 Å². The minimum absolute atomic E-state index is 0.0354. The Balaban J connectivity index is 2.07. The first kappa shape index (κ1) is 19.7. The van der Waals surface area contributed by atoms with Crippen molar-refractivity contribution in [3.63, 3.8) is 0 Å². The van der Waals surface area contributed by atoms with Gasteiger partial charge in [0, 0.05) is 23.7 Å². The van der Waals surface area contributed by atoms with Gasteiger partial charge in [0.1, 0.15) is 11.3 Å². The van der Waals surface area contributed by atoms with Crippen molar-refractivity contribution < 1.29 is 9.59 Å². The van der Waals surface area contributed by atoms with Crippen LogP contribution in [0.25, 0.3) is 0 Å². The monoisotopic (exact) mass is 365 g/mol. The Morgan fingerprint density at radius 1 is 1.36 bits per heavy atom. The van der Waals surface area contributed by atoms with Gasteiger partial charge in [0.05, 0.1) is 6.04 Å². The van der Waals surface area contributed by atoms with Crippen molar-refractivity contribution in [3.8, 4) is 0 Å². The first-order valence-electron chi connectivity index (χ1n) is 8.94. The van der Waals surface area contributed by atoms with E-state index in [1.165, 1.54) is 0 Å². The molecule has 2 unspecified atom stereocenters. The van der Waals surface area contributed by atoms with Crippen LogP contribution in [0.4, 0.5) is 5.69 Å². The van der Waals surface area contributed by atoms with Gasteiger partial charge in [-0.25, -0.2) is 0 Å². The summed E-state index contributed by atoms with van der Waals surface area (Å²) in [5.74, 6) is -0.0751. The molecule has 2 rings (SSSR count). The zero-order valence-corrected chi connectivity index (χ0v) is 15.8. The first-order chi connectivity index (χ1) is 11.9. The number of rotatable bonds is 8. The van der Waals surface area contributed by atoms with Gasteiger partial charge < -0.3 is 11.1 Å². The third-order valence-corrected chi connectivity index (χ3v) is 5.50. The smallest absolute Gasteiger partial charge is 0.243 e. The van der Waals surface area contributed by atoms with E-state index in [0.29, 0.717) is 36.6 Å². The number of ketones is 1. The van der Waals surface area contributed by atoms with Crippen molar-refractivity contribution in [1.29, 1.82) is 0 Å². The maximum Gasteiger partial charge on any atom is 0.243 e. The second-order valence-electron chi connectivity index (χ2n) is 6.89. The van der Waals surface area contributed by atoms with Crippen LogP contribution in [0, 0.1) is 0 Å². The summed E-state index contributed by atoms with van der Waals surface area (Å²) in [6, 6.07) is 7.19. The Morgan fingerprint density at radius 3 is 2.60 bits per heavy atom. The van der Waals surface area contributed by atoms with Crippen molar-refractivity contribution in [2.45, 2.75) is 57.0 Å². The lowest BCUT2D eigenvalue weighted by Crippen LogP contribution is -2.53. The number of Topliss-reactive ketones (excluding diaryl/α,β-unsaturated/α-hetero) is 1. The molecule has 0 aromatic heterocycles. The molecule has 6 heteroatoms. The fraction of sp³-hybridized carbons (Fsp3) is 0.579. The maximum atomic E-state index is 12.2. The summed E-state index contributed by atoms with van der Waals surface area (Å²) in [7, 11) is 1.96. The number of anilines is 1. The van der Waals surface area contributed by atoms with Crippen molar-refractivity contribution in [3.05, 3.63) is 29.3 Å². The van der Waals surface area contributed by atoms with Gasteiger partial charge in [0.2, 0.25) is 5.91 Å². The van der Waals surface area contributed by atoms with Crippen molar-refractivity contribution in [2.24, 2.45) is 5.73 Å². The van der Waals surface area contributed by atoms with Gasteiger partial charge in [-0.3, -0.25) is 14.5 Å². The molecule has 1 aliphatic carbocycles. The van der Waals surface area contributed by atoms with Crippen molar-refractivity contribution >= 4 is 29.0 Å². The van der Waals surface area contributed by atoms with Gasteiger partial charge in [0.15, 0.2) is 0 Å². The van der Waals surface area contributed by atoms with E-state index in [2.05, 4.69) is 10.2 Å². The highest BCUT2D eigenvalue weighted by Crippen LogP contribution is 2.25. The third kappa shape index (κ3) is 4.95. The van der Waals surface area contributed by atoms with Crippen molar-refractivity contribution in [2.75, 3.05) is 18.9 Å². The standard InChI is InChI=1S/C19H28ClN3O2/c1-3-19(18(21)25,22-15-10-8-14(20)9-11-15)12-13-23(2)16-6-4-5-7-17(16)24/h8-11,16,22H,3-7,12-13H2,1-2H3,(H2,21,25). The van der Waals surface area contributed by atoms with Crippen LogP contribution < -0.4 is 11.1 Å². The minimum atomic E-state index is -0.847. The molecule has 0 bridgehead atoms. The summed E-state index contributed by atoms with van der Waals surface area (Å²) in [4.78, 5) is 26.4. The van der Waals surface area contributed by atoms with Crippen LogP contribution in [-0.4, -0.2) is 41.8 Å². The number of nitrogens with zero attached hydrogens (tertiary/aromatic N) is 1. The fourth-order valence-corrected chi connectivity index (χ4v) is 3.58. The zero-order valence-electron chi connectivity index (χ0n) is 15.1. The highest BCUT2D eigenvalue weighted by molar-refractivity contribution is 6.30. The van der Waals surface area contributed by atoms with E-state index in [4.69, 9.17) is 17.3 Å². The Hall–Kier alpha value is -1.59. The predicted octanol–water partition coefficient (Wildman–Crippen LogP) is 3.22. The summed E-state index contributed by atoms with van der Waals surface area (Å²) in [5.41, 5.74) is 5.70. The molecule has 1 saturated carbocycles. The molecule has 3 N–H and O–H groups in total. The van der Waals surface area contributed by atoms with Crippen LogP contribution in [-0.2, 0) is 9.59 Å². The second-order valence-corrected chi connectivity index (χ2v) is 7.33. The van der Waals surface area contributed by atoms with Crippen LogP contribution in [0.3, 0.4) is 0 Å². The molecule has 2 atom stereocenters. The van der Waals surface area contributed by atoms with Crippen LogP contribution in [0.15, 0.2) is 24.3 Å². The molecule has 0 radical (unpaired) electrons. The molecule has 0 aliphatic heterocycles. The van der Waals surface area contributed by atoms with E-state index in [9.17, 15) is 9.59 Å². The van der Waals surface area contributed by atoms with Gasteiger partial charge in [-0.15, -0.1) is 0 Å². The molecular weight excluding hydrogens is 338 g/mol. The number of hydrogen-bond acceptors (Lipinski definition) is 4. The highest BCUT2D eigenvalue weighted by atomic mass is 35.5. The molecule has 0 heterocycles. The number of nitrogens with one attached hydrogen (secondary N) is 1. The van der Waals surface area contributed by atoms with E-state index in [1.54, 1.807) is 12.1 Å². The van der Waals surface area contributed by atoms with Gasteiger partial charge in [-0.1, -0.05) is 24.9 Å². The number of nitrogens with two attached hydrogens (primary N) is 1. The molecule has 1 aromatic rings. The van der Waals surface area contributed by atoms with Gasteiger partial charge in [-0.05, 0) is 57.0 Å². The average Bonchev–Trinajstić information content (AvgIpc) is 2.60. The SMILES string of the molecule is CCC(CCN(C)C1CCCCC1=O)(Nc1ccc(Cl)cc1)C(N)=O. The second kappa shape index (κ2) is 8.68. The Labute approximate surface area is 154 Å². The Bertz CT molecular complexity index is 605. The van der Waals surface area contributed by atoms with Gasteiger partial charge in [0.25, 0.3) is 0 Å². The Morgan fingerprint density at radius 2 is 2.04 bits per heavy atom. The van der Waals surface area contributed by atoms with Crippen LogP contribution in [0.1, 0.15) is 45.4 Å². The highest BCUT2D eigenvalue weighted by Gasteiger charge is 2.36. The number of carbonyl (C=O) groups excluding carboxylic acids is 2.